The van der Waals surface area contributed by atoms with E-state index in [1.807, 2.05) is 4.90 Å². The number of halogens is 1. The number of methoxy groups -OCH3 is 1. The molecule has 4 nitrogen and oxygen atoms in total. The molecule has 1 aliphatic heterocycles. The Morgan fingerprint density at radius 3 is 2.80 bits per heavy atom. The van der Waals surface area contributed by atoms with Crippen molar-refractivity contribution < 1.29 is 9.53 Å². The fourth-order valence-electron chi connectivity index (χ4n) is 2.12. The first-order valence-corrected chi connectivity index (χ1v) is 5.19. The maximum atomic E-state index is 11.7. The lowest BCUT2D eigenvalue weighted by molar-refractivity contribution is -0.140. The number of nitrogens with two attached hydrogens (primary N) is 1. The average Bonchev–Trinajstić information content (AvgIpc) is 2.17. The highest BCUT2D eigenvalue weighted by Gasteiger charge is 2.30. The van der Waals surface area contributed by atoms with Crippen LogP contribution in [-0.4, -0.2) is 43.7 Å². The summed E-state index contributed by atoms with van der Waals surface area (Å²) in [6.45, 7) is 3.71. The van der Waals surface area contributed by atoms with Crippen LogP contribution in [0, 0.1) is 5.92 Å². The Bertz CT molecular complexity index is 202. The number of nitrogens with zero attached hydrogens (tertiary/aromatic N) is 1. The zero-order chi connectivity index (χ0) is 10.6. The molecule has 5 heteroatoms. The molecule has 0 radical (unpaired) electrons. The lowest BCUT2D eigenvalue weighted by atomic mass is 9.91. The number of hydrogen-bond donors (Lipinski definition) is 1. The van der Waals surface area contributed by atoms with E-state index in [1.54, 1.807) is 7.11 Å². The standard InChI is InChI=1S/C10H20N2O2.ClH/c1-8-4-3-5-12(9(8)6-11)10(13)7-14-2;/h8-9H,3-7,11H2,1-2H3;1H. The van der Waals surface area contributed by atoms with E-state index in [9.17, 15) is 4.79 Å². The molecule has 15 heavy (non-hydrogen) atoms. The van der Waals surface area contributed by atoms with Crippen molar-refractivity contribution in [2.24, 2.45) is 11.7 Å². The van der Waals surface area contributed by atoms with Gasteiger partial charge in [0.2, 0.25) is 5.91 Å². The summed E-state index contributed by atoms with van der Waals surface area (Å²) in [5.74, 6) is 0.573. The second-order valence-electron chi connectivity index (χ2n) is 3.94. The highest BCUT2D eigenvalue weighted by Crippen LogP contribution is 2.22. The maximum absolute atomic E-state index is 11.7. The van der Waals surface area contributed by atoms with Crippen LogP contribution in [0.1, 0.15) is 19.8 Å². The maximum Gasteiger partial charge on any atom is 0.248 e. The molecule has 0 spiro atoms. The number of piperidine rings is 1. The van der Waals surface area contributed by atoms with Crippen molar-refractivity contribution >= 4 is 18.3 Å². The van der Waals surface area contributed by atoms with Crippen molar-refractivity contribution in [3.8, 4) is 0 Å². The van der Waals surface area contributed by atoms with E-state index in [0.29, 0.717) is 12.5 Å². The molecule has 2 N–H and O–H groups in total. The summed E-state index contributed by atoms with van der Waals surface area (Å²) in [5.41, 5.74) is 5.68. The van der Waals surface area contributed by atoms with Gasteiger partial charge < -0.3 is 15.4 Å². The summed E-state index contributed by atoms with van der Waals surface area (Å²) < 4.78 is 4.85. The monoisotopic (exact) mass is 236 g/mol. The molecular formula is C10H21ClN2O2. The smallest absolute Gasteiger partial charge is 0.248 e. The lowest BCUT2D eigenvalue weighted by Gasteiger charge is -2.39. The quantitative estimate of drug-likeness (QED) is 0.783. The summed E-state index contributed by atoms with van der Waals surface area (Å²) in [5, 5.41) is 0. The van der Waals surface area contributed by atoms with Crippen molar-refractivity contribution in [3.63, 3.8) is 0 Å². The molecule has 1 aliphatic rings. The summed E-state index contributed by atoms with van der Waals surface area (Å²) in [7, 11) is 1.54. The molecule has 1 rings (SSSR count). The first kappa shape index (κ1) is 14.7. The molecule has 2 atom stereocenters. The Hall–Kier alpha value is -0.320. The third-order valence-electron chi connectivity index (χ3n) is 2.95. The number of carbonyl (C=O) groups excluding carboxylic acids is 1. The summed E-state index contributed by atoms with van der Waals surface area (Å²) in [4.78, 5) is 13.5. The van der Waals surface area contributed by atoms with Crippen molar-refractivity contribution in [1.29, 1.82) is 0 Å². The second-order valence-corrected chi connectivity index (χ2v) is 3.94. The molecule has 0 aliphatic carbocycles. The van der Waals surface area contributed by atoms with Crippen LogP contribution in [0.4, 0.5) is 0 Å². The Morgan fingerprint density at radius 1 is 1.60 bits per heavy atom. The first-order chi connectivity index (χ1) is 6.70. The van der Waals surface area contributed by atoms with Gasteiger partial charge in [-0.15, -0.1) is 12.4 Å². The number of rotatable bonds is 3. The highest BCUT2D eigenvalue weighted by atomic mass is 35.5. The van der Waals surface area contributed by atoms with E-state index in [4.69, 9.17) is 10.5 Å². The normalized spacial score (nSPS) is 25.9. The van der Waals surface area contributed by atoms with Gasteiger partial charge in [-0.3, -0.25) is 4.79 Å². The van der Waals surface area contributed by atoms with Crippen LogP contribution in [0.25, 0.3) is 0 Å². The number of hydrogen-bond acceptors (Lipinski definition) is 3. The summed E-state index contributed by atoms with van der Waals surface area (Å²) in [6, 6.07) is 0.200. The van der Waals surface area contributed by atoms with Gasteiger partial charge in [-0.05, 0) is 18.8 Å². The van der Waals surface area contributed by atoms with Gasteiger partial charge in [-0.2, -0.15) is 0 Å². The first-order valence-electron chi connectivity index (χ1n) is 5.19. The van der Waals surface area contributed by atoms with E-state index in [-0.39, 0.29) is 31.0 Å². The molecule has 0 saturated carbocycles. The van der Waals surface area contributed by atoms with Gasteiger partial charge in [-0.1, -0.05) is 6.92 Å². The second kappa shape index (κ2) is 7.04. The van der Waals surface area contributed by atoms with Gasteiger partial charge in [0, 0.05) is 26.2 Å². The average molecular weight is 237 g/mol. The van der Waals surface area contributed by atoms with Crippen molar-refractivity contribution in [3.05, 3.63) is 0 Å². The minimum absolute atomic E-state index is 0. The van der Waals surface area contributed by atoms with E-state index < -0.39 is 0 Å². The van der Waals surface area contributed by atoms with Crippen LogP contribution < -0.4 is 5.73 Å². The van der Waals surface area contributed by atoms with Crippen LogP contribution >= 0.6 is 12.4 Å². The molecule has 1 saturated heterocycles. The minimum Gasteiger partial charge on any atom is -0.375 e. The van der Waals surface area contributed by atoms with Crippen LogP contribution in [0.5, 0.6) is 0 Å². The molecule has 0 aromatic heterocycles. The van der Waals surface area contributed by atoms with E-state index in [1.165, 1.54) is 6.42 Å². The van der Waals surface area contributed by atoms with E-state index in [2.05, 4.69) is 6.92 Å². The van der Waals surface area contributed by atoms with Gasteiger partial charge in [0.05, 0.1) is 0 Å². The van der Waals surface area contributed by atoms with Gasteiger partial charge in [0.1, 0.15) is 6.61 Å². The Balaban J connectivity index is 0.00000196. The van der Waals surface area contributed by atoms with Crippen LogP contribution in [0.15, 0.2) is 0 Å². The van der Waals surface area contributed by atoms with Crippen molar-refractivity contribution in [1.82, 2.24) is 4.90 Å². The molecule has 90 valence electrons. The fourth-order valence-corrected chi connectivity index (χ4v) is 2.12. The van der Waals surface area contributed by atoms with Crippen LogP contribution in [0.3, 0.4) is 0 Å². The highest BCUT2D eigenvalue weighted by molar-refractivity contribution is 5.85. The number of amides is 1. The van der Waals surface area contributed by atoms with Crippen LogP contribution in [0.2, 0.25) is 0 Å². The third-order valence-corrected chi connectivity index (χ3v) is 2.95. The van der Waals surface area contributed by atoms with Crippen molar-refractivity contribution in [2.75, 3.05) is 26.8 Å². The van der Waals surface area contributed by atoms with E-state index in [0.717, 1.165) is 13.0 Å². The van der Waals surface area contributed by atoms with Gasteiger partial charge in [-0.25, -0.2) is 0 Å². The molecule has 0 aromatic carbocycles. The van der Waals surface area contributed by atoms with Crippen LogP contribution in [-0.2, 0) is 9.53 Å². The molecule has 0 aromatic rings. The lowest BCUT2D eigenvalue weighted by Crippen LogP contribution is -2.52. The SMILES string of the molecule is COCC(=O)N1CCCC(C)C1CN.Cl. The van der Waals surface area contributed by atoms with Crippen molar-refractivity contribution in [2.45, 2.75) is 25.8 Å². The van der Waals surface area contributed by atoms with Gasteiger partial charge in [0.15, 0.2) is 0 Å². The topological polar surface area (TPSA) is 55.6 Å². The zero-order valence-corrected chi connectivity index (χ0v) is 10.3. The van der Waals surface area contributed by atoms with Gasteiger partial charge >= 0.3 is 0 Å². The van der Waals surface area contributed by atoms with Gasteiger partial charge in [0.25, 0.3) is 0 Å². The van der Waals surface area contributed by atoms with E-state index >= 15 is 0 Å². The summed E-state index contributed by atoms with van der Waals surface area (Å²) >= 11 is 0. The Kier molecular flexibility index (Phi) is 6.89. The fraction of sp³-hybridized carbons (Fsp3) is 0.900. The molecule has 1 amide bonds. The zero-order valence-electron chi connectivity index (χ0n) is 9.44. The molecule has 2 unspecified atom stereocenters. The Morgan fingerprint density at radius 2 is 2.27 bits per heavy atom. The molecular weight excluding hydrogens is 216 g/mol. The molecule has 0 bridgehead atoms. The number of likely N-dealkylation sites (tertiary alicyclic amines) is 1. The Labute approximate surface area is 97.5 Å². The third kappa shape index (κ3) is 3.63. The minimum atomic E-state index is 0. The largest absolute Gasteiger partial charge is 0.375 e. The molecule has 1 heterocycles. The predicted molar refractivity (Wildman–Crippen MR) is 62.1 cm³/mol. The molecule has 1 fully saturated rings. The number of ether oxygens (including phenoxy) is 1. The summed E-state index contributed by atoms with van der Waals surface area (Å²) in [6.07, 6.45) is 2.24. The number of carbonyl (C=O) groups is 1. The predicted octanol–water partition coefficient (Wildman–Crippen LogP) is 0.640.